The number of aryl methyl sites for hydroxylation is 1. The highest BCUT2D eigenvalue weighted by Gasteiger charge is 2.43. The molecule has 1 aliphatic rings. The smallest absolute Gasteiger partial charge is 0.113 e. The molecular weight excluding hydrogens is 380 g/mol. The van der Waals surface area contributed by atoms with Crippen LogP contribution in [-0.2, 0) is 22.0 Å². The molecule has 0 bridgehead atoms. The Balaban J connectivity index is 1.85. The normalized spacial score (nSPS) is 28.9. The first-order valence-electron chi connectivity index (χ1n) is 9.14. The van der Waals surface area contributed by atoms with E-state index in [4.69, 9.17) is 4.74 Å². The van der Waals surface area contributed by atoms with Crippen molar-refractivity contribution in [3.05, 3.63) is 64.7 Å². The summed E-state index contributed by atoms with van der Waals surface area (Å²) in [6.07, 6.45) is -3.56. The molecule has 2 aromatic rings. The Kier molecular flexibility index (Phi) is 6.65. The van der Waals surface area contributed by atoms with Crippen molar-refractivity contribution in [2.75, 3.05) is 12.9 Å². The second kappa shape index (κ2) is 8.82. The molecule has 0 amide bonds. The predicted molar refractivity (Wildman–Crippen MR) is 105 cm³/mol. The monoisotopic (exact) mass is 406 g/mol. The summed E-state index contributed by atoms with van der Waals surface area (Å²) in [5.41, 5.74) is 3.82. The molecule has 1 unspecified atom stereocenters. The van der Waals surface area contributed by atoms with Gasteiger partial charge in [0.25, 0.3) is 0 Å². The summed E-state index contributed by atoms with van der Waals surface area (Å²) in [4.78, 5) is 0.774. The second-order valence-electron chi connectivity index (χ2n) is 7.21. The first-order valence-corrected chi connectivity index (χ1v) is 10.7. The van der Waals surface area contributed by atoms with Crippen molar-refractivity contribution in [2.24, 2.45) is 0 Å². The van der Waals surface area contributed by atoms with Crippen LogP contribution >= 0.6 is 0 Å². The molecule has 6 nitrogen and oxygen atoms in total. The van der Waals surface area contributed by atoms with E-state index < -0.39 is 47.9 Å². The molecule has 28 heavy (non-hydrogen) atoms. The summed E-state index contributed by atoms with van der Waals surface area (Å²) in [5, 5.41) is 39.8. The van der Waals surface area contributed by atoms with Crippen LogP contribution in [0, 0.1) is 6.92 Å². The SMILES string of the molecule is Cc1ccc([C@@H]2O[C@H](CO)[C@@H](O)[C@H](O)[C@H]2O)cc1Cc1ccc(S(C)=O)cc1. The zero-order chi connectivity index (χ0) is 20.4. The molecule has 1 fully saturated rings. The van der Waals surface area contributed by atoms with Gasteiger partial charge in [-0.1, -0.05) is 30.3 Å². The van der Waals surface area contributed by atoms with Gasteiger partial charge in [0.1, 0.15) is 30.5 Å². The molecular formula is C21H26O6S. The number of aliphatic hydroxyl groups excluding tert-OH is 4. The Hall–Kier alpha value is -1.61. The molecule has 2 aromatic carbocycles. The Morgan fingerprint density at radius 2 is 1.68 bits per heavy atom. The lowest BCUT2D eigenvalue weighted by Gasteiger charge is -2.40. The van der Waals surface area contributed by atoms with E-state index in [-0.39, 0.29) is 0 Å². The molecule has 4 N–H and O–H groups in total. The Labute approximate surface area is 166 Å². The molecule has 0 radical (unpaired) electrons. The molecule has 1 saturated heterocycles. The van der Waals surface area contributed by atoms with Crippen molar-refractivity contribution in [1.82, 2.24) is 0 Å². The van der Waals surface area contributed by atoms with Crippen molar-refractivity contribution in [2.45, 2.75) is 48.8 Å². The van der Waals surface area contributed by atoms with E-state index in [0.29, 0.717) is 12.0 Å². The average molecular weight is 407 g/mol. The lowest BCUT2D eigenvalue weighted by molar-refractivity contribution is -0.231. The maximum Gasteiger partial charge on any atom is 0.113 e. The predicted octanol–water partition coefficient (Wildman–Crippen LogP) is 0.838. The van der Waals surface area contributed by atoms with E-state index in [9.17, 15) is 24.6 Å². The minimum atomic E-state index is -1.40. The largest absolute Gasteiger partial charge is 0.394 e. The van der Waals surface area contributed by atoms with Crippen LogP contribution in [0.4, 0.5) is 0 Å². The van der Waals surface area contributed by atoms with Crippen molar-refractivity contribution < 1.29 is 29.4 Å². The minimum absolute atomic E-state index is 0.453. The van der Waals surface area contributed by atoms with E-state index in [1.54, 1.807) is 6.26 Å². The summed E-state index contributed by atoms with van der Waals surface area (Å²) >= 11 is 0. The molecule has 0 saturated carbocycles. The van der Waals surface area contributed by atoms with Crippen molar-refractivity contribution in [1.29, 1.82) is 0 Å². The Bertz CT molecular complexity index is 835. The third-order valence-corrected chi connectivity index (χ3v) is 6.18. The van der Waals surface area contributed by atoms with Gasteiger partial charge < -0.3 is 25.2 Å². The number of ether oxygens (including phenoxy) is 1. The Morgan fingerprint density at radius 1 is 1.00 bits per heavy atom. The number of rotatable bonds is 5. The van der Waals surface area contributed by atoms with Crippen molar-refractivity contribution >= 4 is 10.8 Å². The Morgan fingerprint density at radius 3 is 2.29 bits per heavy atom. The summed E-state index contributed by atoms with van der Waals surface area (Å²) < 4.78 is 17.2. The van der Waals surface area contributed by atoms with Crippen LogP contribution in [0.25, 0.3) is 0 Å². The van der Waals surface area contributed by atoms with Gasteiger partial charge in [0.05, 0.1) is 6.61 Å². The molecule has 1 heterocycles. The number of benzene rings is 2. The molecule has 0 spiro atoms. The van der Waals surface area contributed by atoms with Gasteiger partial charge in [0.2, 0.25) is 0 Å². The van der Waals surface area contributed by atoms with Gasteiger partial charge in [0, 0.05) is 22.0 Å². The van der Waals surface area contributed by atoms with Crippen LogP contribution in [0.5, 0.6) is 0 Å². The summed E-state index contributed by atoms with van der Waals surface area (Å²) in [5.74, 6) is 0. The zero-order valence-electron chi connectivity index (χ0n) is 15.9. The molecule has 0 aromatic heterocycles. The average Bonchev–Trinajstić information content (AvgIpc) is 2.69. The lowest BCUT2D eigenvalue weighted by atomic mass is 9.89. The molecule has 7 heteroatoms. The van der Waals surface area contributed by atoms with Gasteiger partial charge in [-0.2, -0.15) is 0 Å². The first-order chi connectivity index (χ1) is 13.3. The molecule has 152 valence electrons. The fourth-order valence-corrected chi connectivity index (χ4v) is 3.97. The minimum Gasteiger partial charge on any atom is -0.394 e. The summed E-state index contributed by atoms with van der Waals surface area (Å²) in [6, 6.07) is 13.2. The van der Waals surface area contributed by atoms with Gasteiger partial charge in [0.15, 0.2) is 0 Å². The van der Waals surface area contributed by atoms with Gasteiger partial charge in [-0.3, -0.25) is 4.21 Å². The maximum atomic E-state index is 11.5. The highest BCUT2D eigenvalue weighted by Crippen LogP contribution is 2.33. The maximum absolute atomic E-state index is 11.5. The van der Waals surface area contributed by atoms with Gasteiger partial charge in [-0.15, -0.1) is 0 Å². The molecule has 0 aliphatic carbocycles. The van der Waals surface area contributed by atoms with Crippen LogP contribution in [0.1, 0.15) is 28.4 Å². The number of hydrogen-bond donors (Lipinski definition) is 4. The van der Waals surface area contributed by atoms with E-state index >= 15 is 0 Å². The first kappa shape index (κ1) is 21.1. The fourth-order valence-electron chi connectivity index (χ4n) is 3.45. The van der Waals surface area contributed by atoms with Gasteiger partial charge >= 0.3 is 0 Å². The standard InChI is InChI=1S/C21H26O6S/c1-12-3-6-14(21-20(25)19(24)18(23)17(11-22)27-21)10-15(12)9-13-4-7-16(8-5-13)28(2)26/h3-8,10,17-25H,9,11H2,1-2H3/t17-,18-,19+,20-,21+,28?/m1/s1. The highest BCUT2D eigenvalue weighted by molar-refractivity contribution is 7.84. The van der Waals surface area contributed by atoms with Gasteiger partial charge in [-0.25, -0.2) is 0 Å². The third-order valence-electron chi connectivity index (χ3n) is 5.24. The lowest BCUT2D eigenvalue weighted by Crippen LogP contribution is -2.55. The van der Waals surface area contributed by atoms with E-state index in [1.807, 2.05) is 49.4 Å². The van der Waals surface area contributed by atoms with Crippen molar-refractivity contribution in [3.63, 3.8) is 0 Å². The molecule has 3 rings (SSSR count). The van der Waals surface area contributed by atoms with E-state index in [2.05, 4.69) is 0 Å². The van der Waals surface area contributed by atoms with E-state index in [1.165, 1.54) is 0 Å². The quantitative estimate of drug-likeness (QED) is 0.586. The molecule has 6 atom stereocenters. The van der Waals surface area contributed by atoms with Crippen LogP contribution in [0.15, 0.2) is 47.4 Å². The van der Waals surface area contributed by atoms with Crippen molar-refractivity contribution in [3.8, 4) is 0 Å². The topological polar surface area (TPSA) is 107 Å². The van der Waals surface area contributed by atoms with Crippen LogP contribution in [0.3, 0.4) is 0 Å². The second-order valence-corrected chi connectivity index (χ2v) is 8.59. The number of aliphatic hydroxyl groups is 4. The molecule has 1 aliphatic heterocycles. The summed E-state index contributed by atoms with van der Waals surface area (Å²) in [7, 11) is -1.02. The van der Waals surface area contributed by atoms with Crippen LogP contribution in [-0.4, -0.2) is 61.9 Å². The van der Waals surface area contributed by atoms with Gasteiger partial charge in [-0.05, 0) is 47.7 Å². The van der Waals surface area contributed by atoms with Crippen LogP contribution < -0.4 is 0 Å². The highest BCUT2D eigenvalue weighted by atomic mass is 32.2. The number of hydrogen-bond acceptors (Lipinski definition) is 6. The fraction of sp³-hybridized carbons (Fsp3) is 0.429. The van der Waals surface area contributed by atoms with E-state index in [0.717, 1.165) is 21.6 Å². The van der Waals surface area contributed by atoms with Crippen LogP contribution in [0.2, 0.25) is 0 Å². The zero-order valence-corrected chi connectivity index (χ0v) is 16.7. The summed E-state index contributed by atoms with van der Waals surface area (Å²) in [6.45, 7) is 1.53. The third kappa shape index (κ3) is 4.35.